The van der Waals surface area contributed by atoms with E-state index in [1.54, 1.807) is 24.1 Å². The first-order chi connectivity index (χ1) is 14.5. The highest BCUT2D eigenvalue weighted by Gasteiger charge is 2.33. The van der Waals surface area contributed by atoms with Crippen LogP contribution < -0.4 is 4.74 Å². The maximum absolute atomic E-state index is 13.8. The quantitative estimate of drug-likeness (QED) is 0.619. The summed E-state index contributed by atoms with van der Waals surface area (Å²) in [7, 11) is 1.72. The lowest BCUT2D eigenvalue weighted by Gasteiger charge is -2.37. The van der Waals surface area contributed by atoms with Gasteiger partial charge in [0, 0.05) is 25.2 Å². The monoisotopic (exact) mass is 430 g/mol. The van der Waals surface area contributed by atoms with Gasteiger partial charge in [-0.05, 0) is 74.5 Å². The molecule has 2 aromatic rings. The Balaban J connectivity index is 1.24. The molecular weight excluding hydrogens is 403 g/mol. The normalized spacial score (nSPS) is 21.3. The van der Waals surface area contributed by atoms with Crippen LogP contribution in [0.5, 0.6) is 5.75 Å². The molecule has 160 valence electrons. The molecule has 0 atom stereocenters. The first-order valence-electron chi connectivity index (χ1n) is 10.7. The number of carbonyl (C=O) groups excluding carboxylic acids is 1. The minimum atomic E-state index is -0.478. The molecule has 2 aliphatic rings. The molecule has 0 unspecified atom stereocenters. The minimum absolute atomic E-state index is 0.121. The Morgan fingerprint density at radius 3 is 2.63 bits per heavy atom. The summed E-state index contributed by atoms with van der Waals surface area (Å²) in [6, 6.07) is 12.1. The third-order valence-electron chi connectivity index (χ3n) is 6.10. The van der Waals surface area contributed by atoms with Gasteiger partial charge in [-0.2, -0.15) is 0 Å². The summed E-state index contributed by atoms with van der Waals surface area (Å²) >= 11 is 6.47. The van der Waals surface area contributed by atoms with Gasteiger partial charge in [0.1, 0.15) is 11.6 Å². The Morgan fingerprint density at radius 2 is 1.93 bits per heavy atom. The van der Waals surface area contributed by atoms with Crippen LogP contribution in [0.2, 0.25) is 5.02 Å². The molecule has 1 heterocycles. The maximum Gasteiger partial charge on any atom is 0.256 e. The van der Waals surface area contributed by atoms with Crippen molar-refractivity contribution in [3.8, 4) is 5.75 Å². The van der Waals surface area contributed by atoms with Crippen LogP contribution in [0.25, 0.3) is 0 Å². The van der Waals surface area contributed by atoms with Crippen LogP contribution in [0.15, 0.2) is 42.5 Å². The smallest absolute Gasteiger partial charge is 0.256 e. The molecule has 6 heteroatoms. The number of likely N-dealkylation sites (tertiary alicyclic amines) is 1. The van der Waals surface area contributed by atoms with Crippen LogP contribution in [-0.2, 0) is 6.54 Å². The molecule has 4 rings (SSSR count). The van der Waals surface area contributed by atoms with Crippen molar-refractivity contribution in [1.29, 1.82) is 0 Å². The zero-order valence-corrected chi connectivity index (χ0v) is 18.1. The van der Waals surface area contributed by atoms with E-state index in [4.69, 9.17) is 16.3 Å². The first-order valence-corrected chi connectivity index (χ1v) is 11.0. The Morgan fingerprint density at radius 1 is 1.20 bits per heavy atom. The fourth-order valence-electron chi connectivity index (χ4n) is 4.33. The van der Waals surface area contributed by atoms with E-state index in [1.807, 2.05) is 12.1 Å². The first kappa shape index (κ1) is 21.1. The molecule has 1 aliphatic heterocycles. The van der Waals surface area contributed by atoms with Gasteiger partial charge in [-0.25, -0.2) is 4.39 Å². The SMILES string of the molecule is CN(CC1CC(Oc2ccc(CN3CCCC3)c(Cl)c2)C1)C(=O)c1ccccc1F. The number of amides is 1. The van der Waals surface area contributed by atoms with Crippen molar-refractivity contribution < 1.29 is 13.9 Å². The molecule has 0 aromatic heterocycles. The third kappa shape index (κ3) is 4.96. The molecule has 0 radical (unpaired) electrons. The number of carbonyl (C=O) groups is 1. The summed E-state index contributed by atoms with van der Waals surface area (Å²) in [5, 5.41) is 0.755. The van der Waals surface area contributed by atoms with E-state index in [9.17, 15) is 9.18 Å². The van der Waals surface area contributed by atoms with Crippen molar-refractivity contribution in [3.05, 3.63) is 64.4 Å². The second-order valence-electron chi connectivity index (χ2n) is 8.48. The number of ether oxygens (including phenoxy) is 1. The van der Waals surface area contributed by atoms with Crippen LogP contribution in [0.4, 0.5) is 4.39 Å². The molecule has 0 N–H and O–H groups in total. The lowest BCUT2D eigenvalue weighted by Crippen LogP contribution is -2.42. The molecular formula is C24H28ClFN2O2. The number of nitrogens with zero attached hydrogens (tertiary/aromatic N) is 2. The Bertz CT molecular complexity index is 895. The Labute approximate surface area is 182 Å². The molecule has 0 bridgehead atoms. The zero-order valence-electron chi connectivity index (χ0n) is 17.3. The van der Waals surface area contributed by atoms with Crippen LogP contribution >= 0.6 is 11.6 Å². The lowest BCUT2D eigenvalue weighted by atomic mass is 9.82. The summed E-state index contributed by atoms with van der Waals surface area (Å²) in [6.45, 7) is 3.79. The largest absolute Gasteiger partial charge is 0.490 e. The van der Waals surface area contributed by atoms with E-state index in [2.05, 4.69) is 11.0 Å². The number of hydrogen-bond donors (Lipinski definition) is 0. The van der Waals surface area contributed by atoms with Crippen molar-refractivity contribution in [2.24, 2.45) is 5.92 Å². The van der Waals surface area contributed by atoms with Crippen LogP contribution in [0.1, 0.15) is 41.6 Å². The van der Waals surface area contributed by atoms with Gasteiger partial charge in [0.05, 0.1) is 11.7 Å². The van der Waals surface area contributed by atoms with Crippen LogP contribution in [0.3, 0.4) is 0 Å². The number of rotatable bonds is 7. The van der Waals surface area contributed by atoms with Crippen molar-refractivity contribution in [2.45, 2.75) is 38.3 Å². The van der Waals surface area contributed by atoms with Crippen molar-refractivity contribution >= 4 is 17.5 Å². The average molecular weight is 431 g/mol. The maximum atomic E-state index is 13.8. The number of halogens is 2. The van der Waals surface area contributed by atoms with E-state index >= 15 is 0 Å². The highest BCUT2D eigenvalue weighted by molar-refractivity contribution is 6.31. The second kappa shape index (κ2) is 9.36. The summed E-state index contributed by atoms with van der Waals surface area (Å²) in [5.74, 6) is 0.400. The molecule has 1 saturated heterocycles. The summed E-state index contributed by atoms with van der Waals surface area (Å²) in [6.07, 6.45) is 4.42. The molecule has 0 spiro atoms. The fraction of sp³-hybridized carbons (Fsp3) is 0.458. The highest BCUT2D eigenvalue weighted by atomic mass is 35.5. The van der Waals surface area contributed by atoms with Gasteiger partial charge in [-0.1, -0.05) is 29.8 Å². The average Bonchev–Trinajstić information content (AvgIpc) is 3.21. The molecule has 1 saturated carbocycles. The highest BCUT2D eigenvalue weighted by Crippen LogP contribution is 2.34. The van der Waals surface area contributed by atoms with Crippen LogP contribution in [-0.4, -0.2) is 48.5 Å². The van der Waals surface area contributed by atoms with Crippen LogP contribution in [0, 0.1) is 11.7 Å². The van der Waals surface area contributed by atoms with Crippen molar-refractivity contribution in [2.75, 3.05) is 26.7 Å². The Hall–Kier alpha value is -2.11. The molecule has 30 heavy (non-hydrogen) atoms. The van der Waals surface area contributed by atoms with E-state index in [0.29, 0.717) is 12.5 Å². The van der Waals surface area contributed by atoms with Gasteiger partial charge >= 0.3 is 0 Å². The number of benzene rings is 2. The summed E-state index contributed by atoms with van der Waals surface area (Å²) in [4.78, 5) is 16.5. The summed E-state index contributed by atoms with van der Waals surface area (Å²) in [5.41, 5.74) is 1.27. The fourth-order valence-corrected chi connectivity index (χ4v) is 4.56. The van der Waals surface area contributed by atoms with E-state index in [0.717, 1.165) is 48.8 Å². The third-order valence-corrected chi connectivity index (χ3v) is 6.45. The molecule has 1 aliphatic carbocycles. The molecule has 4 nitrogen and oxygen atoms in total. The molecule has 2 aromatic carbocycles. The minimum Gasteiger partial charge on any atom is -0.490 e. The van der Waals surface area contributed by atoms with Gasteiger partial charge in [0.25, 0.3) is 5.91 Å². The Kier molecular flexibility index (Phi) is 6.59. The predicted molar refractivity (Wildman–Crippen MR) is 116 cm³/mol. The number of hydrogen-bond acceptors (Lipinski definition) is 3. The van der Waals surface area contributed by atoms with Crippen molar-refractivity contribution in [3.63, 3.8) is 0 Å². The van der Waals surface area contributed by atoms with Gasteiger partial charge in [0.15, 0.2) is 0 Å². The molecule has 1 amide bonds. The van der Waals surface area contributed by atoms with Gasteiger partial charge < -0.3 is 9.64 Å². The van der Waals surface area contributed by atoms with Gasteiger partial charge in [-0.15, -0.1) is 0 Å². The van der Waals surface area contributed by atoms with Gasteiger partial charge in [0.2, 0.25) is 0 Å². The lowest BCUT2D eigenvalue weighted by molar-refractivity contribution is 0.0417. The predicted octanol–water partition coefficient (Wildman–Crippen LogP) is 5.00. The van der Waals surface area contributed by atoms with Gasteiger partial charge in [-0.3, -0.25) is 9.69 Å². The standard InChI is InChI=1S/C24H28ClFN2O2/c1-27(24(29)21-6-2-3-7-23(21)26)15-17-12-20(13-17)30-19-9-8-18(22(25)14-19)16-28-10-4-5-11-28/h2-3,6-9,14,17,20H,4-5,10-13,15-16H2,1H3. The topological polar surface area (TPSA) is 32.8 Å². The second-order valence-corrected chi connectivity index (χ2v) is 8.89. The molecule has 2 fully saturated rings. The zero-order chi connectivity index (χ0) is 21.1. The van der Waals surface area contributed by atoms with E-state index in [1.165, 1.54) is 25.0 Å². The van der Waals surface area contributed by atoms with E-state index in [-0.39, 0.29) is 17.6 Å². The van der Waals surface area contributed by atoms with E-state index < -0.39 is 5.82 Å². The summed E-state index contributed by atoms with van der Waals surface area (Å²) < 4.78 is 19.9. The van der Waals surface area contributed by atoms with Crippen molar-refractivity contribution in [1.82, 2.24) is 9.80 Å².